The van der Waals surface area contributed by atoms with Gasteiger partial charge in [-0.15, -0.1) is 11.3 Å². The molecule has 4 heteroatoms. The average Bonchev–Trinajstić information content (AvgIpc) is 3.67. The number of hydrogen-bond donors (Lipinski definition) is 0. The lowest BCUT2D eigenvalue weighted by molar-refractivity contribution is 1.26. The van der Waals surface area contributed by atoms with Gasteiger partial charge in [-0.3, -0.25) is 4.90 Å². The normalized spacial score (nSPS) is 11.7. The molecule has 202 valence electrons. The van der Waals surface area contributed by atoms with Crippen LogP contribution in [0.5, 0.6) is 0 Å². The van der Waals surface area contributed by atoms with Gasteiger partial charge in [-0.05, 0) is 69.8 Å². The maximum Gasteiger partial charge on any atom is 0.195 e. The van der Waals surface area contributed by atoms with Crippen molar-refractivity contribution in [1.82, 2.24) is 4.98 Å². The van der Waals surface area contributed by atoms with Gasteiger partial charge in [0.1, 0.15) is 0 Å². The molecule has 0 amide bonds. The molecule has 9 rings (SSSR count). The highest BCUT2D eigenvalue weighted by molar-refractivity contribution is 7.25. The molecule has 2 heterocycles. The number of fused-ring (bicyclic) bond motifs is 8. The van der Waals surface area contributed by atoms with Crippen LogP contribution in [0, 0.1) is 0 Å². The molecule has 0 saturated heterocycles. The van der Waals surface area contributed by atoms with Crippen LogP contribution in [-0.4, -0.2) is 4.98 Å². The predicted octanol–water partition coefficient (Wildman–Crippen LogP) is 12.1. The molecular weight excluding hydrogens is 561 g/mol. The van der Waals surface area contributed by atoms with Crippen LogP contribution in [0.2, 0.25) is 0 Å². The van der Waals surface area contributed by atoms with E-state index in [1.807, 2.05) is 11.3 Å². The van der Waals surface area contributed by atoms with Crippen molar-refractivity contribution in [2.24, 2.45) is 0 Å². The summed E-state index contributed by atoms with van der Waals surface area (Å²) in [6.45, 7) is 0. The Hall–Kier alpha value is -5.03. The fourth-order valence-corrected chi connectivity index (χ4v) is 8.48. The molecule has 7 aromatic carbocycles. The second kappa shape index (κ2) is 9.77. The quantitative estimate of drug-likeness (QED) is 0.191. The SMILES string of the molecule is c1ccc(-c2ccc(N(c3ccc4sc5ccccc5c4c3)c3nc4ccc5ccc6ccccc6c5c4s3)cc2)cc1. The molecule has 0 radical (unpaired) electrons. The number of thiophene rings is 1. The van der Waals surface area contributed by atoms with Gasteiger partial charge in [0.05, 0.1) is 10.2 Å². The van der Waals surface area contributed by atoms with Crippen LogP contribution in [0.15, 0.2) is 146 Å². The molecule has 0 N–H and O–H groups in total. The number of nitrogens with zero attached hydrogens (tertiary/aromatic N) is 2. The number of anilines is 3. The second-order valence-electron chi connectivity index (χ2n) is 10.8. The van der Waals surface area contributed by atoms with E-state index in [-0.39, 0.29) is 0 Å². The van der Waals surface area contributed by atoms with Crippen molar-refractivity contribution in [3.05, 3.63) is 146 Å². The maximum absolute atomic E-state index is 5.28. The highest BCUT2D eigenvalue weighted by Gasteiger charge is 2.20. The van der Waals surface area contributed by atoms with Gasteiger partial charge < -0.3 is 0 Å². The Labute approximate surface area is 256 Å². The summed E-state index contributed by atoms with van der Waals surface area (Å²) in [4.78, 5) is 7.60. The Kier molecular flexibility index (Phi) is 5.58. The van der Waals surface area contributed by atoms with Gasteiger partial charge in [0.2, 0.25) is 0 Å². The van der Waals surface area contributed by atoms with Gasteiger partial charge in [0.25, 0.3) is 0 Å². The van der Waals surface area contributed by atoms with Crippen LogP contribution in [0.4, 0.5) is 16.5 Å². The number of aromatic nitrogens is 1. The van der Waals surface area contributed by atoms with Crippen LogP contribution >= 0.6 is 22.7 Å². The number of hydrogen-bond acceptors (Lipinski definition) is 4. The minimum absolute atomic E-state index is 0.960. The van der Waals surface area contributed by atoms with Gasteiger partial charge in [0.15, 0.2) is 5.13 Å². The first-order valence-electron chi connectivity index (χ1n) is 14.4. The lowest BCUT2D eigenvalue weighted by atomic mass is 10.0. The molecule has 9 aromatic rings. The van der Waals surface area contributed by atoms with E-state index in [2.05, 4.69) is 150 Å². The molecule has 0 aliphatic carbocycles. The smallest absolute Gasteiger partial charge is 0.195 e. The van der Waals surface area contributed by atoms with Crippen LogP contribution < -0.4 is 4.90 Å². The highest BCUT2D eigenvalue weighted by Crippen LogP contribution is 2.45. The van der Waals surface area contributed by atoms with E-state index >= 15 is 0 Å². The Morgan fingerprint density at radius 1 is 0.465 bits per heavy atom. The van der Waals surface area contributed by atoms with E-state index in [0.29, 0.717) is 0 Å². The van der Waals surface area contributed by atoms with Gasteiger partial charge in [0, 0.05) is 36.9 Å². The summed E-state index contributed by atoms with van der Waals surface area (Å²) in [5, 5.41) is 8.57. The largest absolute Gasteiger partial charge is 0.286 e. The van der Waals surface area contributed by atoms with Crippen molar-refractivity contribution < 1.29 is 0 Å². The predicted molar refractivity (Wildman–Crippen MR) is 188 cm³/mol. The van der Waals surface area contributed by atoms with E-state index in [4.69, 9.17) is 4.98 Å². The lowest BCUT2D eigenvalue weighted by Gasteiger charge is -2.23. The third-order valence-electron chi connectivity index (χ3n) is 8.29. The van der Waals surface area contributed by atoms with Crippen molar-refractivity contribution >= 4 is 91.1 Å². The fraction of sp³-hybridized carbons (Fsp3) is 0. The van der Waals surface area contributed by atoms with Crippen molar-refractivity contribution in [3.8, 4) is 11.1 Å². The van der Waals surface area contributed by atoms with Crippen molar-refractivity contribution in [2.45, 2.75) is 0 Å². The van der Waals surface area contributed by atoms with Gasteiger partial charge in [-0.25, -0.2) is 4.98 Å². The molecule has 0 spiro atoms. The number of rotatable bonds is 4. The first kappa shape index (κ1) is 24.6. The van der Waals surface area contributed by atoms with Crippen LogP contribution in [0.1, 0.15) is 0 Å². The van der Waals surface area contributed by atoms with Gasteiger partial charge in [-0.1, -0.05) is 114 Å². The van der Waals surface area contributed by atoms with Crippen LogP contribution in [0.3, 0.4) is 0 Å². The van der Waals surface area contributed by atoms with Crippen molar-refractivity contribution in [2.75, 3.05) is 4.90 Å². The zero-order valence-corrected chi connectivity index (χ0v) is 24.7. The van der Waals surface area contributed by atoms with E-state index in [9.17, 15) is 0 Å². The van der Waals surface area contributed by atoms with E-state index in [1.165, 1.54) is 57.5 Å². The minimum atomic E-state index is 0.960. The molecule has 43 heavy (non-hydrogen) atoms. The van der Waals surface area contributed by atoms with Crippen molar-refractivity contribution in [3.63, 3.8) is 0 Å². The van der Waals surface area contributed by atoms with Crippen molar-refractivity contribution in [1.29, 1.82) is 0 Å². The molecule has 0 aliphatic rings. The Balaban J connectivity index is 1.28. The summed E-state index contributed by atoms with van der Waals surface area (Å²) >= 11 is 3.62. The number of benzene rings is 7. The summed E-state index contributed by atoms with van der Waals surface area (Å²) in [7, 11) is 0. The van der Waals surface area contributed by atoms with E-state index in [0.717, 1.165) is 22.0 Å². The molecule has 2 nitrogen and oxygen atoms in total. The Morgan fingerprint density at radius 3 is 2.02 bits per heavy atom. The van der Waals surface area contributed by atoms with E-state index in [1.54, 1.807) is 11.3 Å². The molecular formula is C39H24N2S2. The second-order valence-corrected chi connectivity index (χ2v) is 12.9. The summed E-state index contributed by atoms with van der Waals surface area (Å²) < 4.78 is 3.83. The van der Waals surface area contributed by atoms with Crippen LogP contribution in [-0.2, 0) is 0 Å². The maximum atomic E-state index is 5.28. The molecule has 0 unspecified atom stereocenters. The zero-order valence-electron chi connectivity index (χ0n) is 23.1. The zero-order chi connectivity index (χ0) is 28.3. The average molecular weight is 585 g/mol. The Bertz CT molecular complexity index is 2450. The van der Waals surface area contributed by atoms with Gasteiger partial charge >= 0.3 is 0 Å². The third kappa shape index (κ3) is 4.03. The first-order valence-corrected chi connectivity index (χ1v) is 16.0. The highest BCUT2D eigenvalue weighted by atomic mass is 32.1. The summed E-state index contributed by atoms with van der Waals surface area (Å²) in [6, 6.07) is 52.4. The fourth-order valence-electron chi connectivity index (χ4n) is 6.21. The molecule has 0 bridgehead atoms. The minimum Gasteiger partial charge on any atom is -0.286 e. The molecule has 2 aromatic heterocycles. The lowest BCUT2D eigenvalue weighted by Crippen LogP contribution is -2.09. The summed E-state index contributed by atoms with van der Waals surface area (Å²) in [6.07, 6.45) is 0. The molecule has 0 saturated carbocycles. The third-order valence-corrected chi connectivity index (χ3v) is 10.5. The topological polar surface area (TPSA) is 16.1 Å². The summed E-state index contributed by atoms with van der Waals surface area (Å²) in [5.41, 5.74) is 5.63. The monoisotopic (exact) mass is 584 g/mol. The molecule has 0 fully saturated rings. The summed E-state index contributed by atoms with van der Waals surface area (Å²) in [5.74, 6) is 0. The standard InChI is InChI=1S/C39H24N2S2/c1-2-8-25(9-3-1)26-16-19-29(20-17-26)41(30-21-23-36-33(24-30)32-12-6-7-13-35(32)42-36)39-40-34-22-18-28-15-14-27-10-4-5-11-31(27)37(28)38(34)43-39/h1-24H. The number of thiazole rings is 1. The first-order chi connectivity index (χ1) is 21.3. The van der Waals surface area contributed by atoms with E-state index < -0.39 is 0 Å². The molecule has 0 aliphatic heterocycles. The molecule has 0 atom stereocenters. The van der Waals surface area contributed by atoms with Crippen LogP contribution in [0.25, 0.3) is 63.1 Å². The Morgan fingerprint density at radius 2 is 1.14 bits per heavy atom. The van der Waals surface area contributed by atoms with Gasteiger partial charge in [-0.2, -0.15) is 0 Å².